The summed E-state index contributed by atoms with van der Waals surface area (Å²) in [7, 11) is 1.43. The number of hydrogen-bond donors (Lipinski definition) is 1. The Morgan fingerprint density at radius 3 is 2.93 bits per heavy atom. The first kappa shape index (κ1) is 10.9. The van der Waals surface area contributed by atoms with E-state index in [1.807, 2.05) is 0 Å². The molecule has 2 aliphatic rings. The van der Waals surface area contributed by atoms with E-state index in [9.17, 15) is 4.79 Å². The van der Waals surface area contributed by atoms with Gasteiger partial charge in [0, 0.05) is 12.6 Å². The van der Waals surface area contributed by atoms with E-state index < -0.39 is 0 Å². The molecule has 1 atom stereocenters. The molecule has 0 amide bonds. The summed E-state index contributed by atoms with van der Waals surface area (Å²) in [5.74, 6) is 0.544. The number of ether oxygens (including phenoxy) is 1. The van der Waals surface area contributed by atoms with Gasteiger partial charge in [-0.2, -0.15) is 0 Å². The van der Waals surface area contributed by atoms with Gasteiger partial charge in [-0.15, -0.1) is 0 Å². The van der Waals surface area contributed by atoms with Gasteiger partial charge >= 0.3 is 5.97 Å². The molecule has 0 radical (unpaired) electrons. The third-order valence-corrected chi connectivity index (χ3v) is 3.31. The standard InChI is InChI=1S/C11H20N2O2/c1-15-11(14)7-12-6-9-4-5-13(8-9)10-2-3-10/h9-10,12H,2-8H2,1H3. The predicted octanol–water partition coefficient (Wildman–Crippen LogP) is 0.233. The van der Waals surface area contributed by atoms with Gasteiger partial charge in [-0.25, -0.2) is 0 Å². The largest absolute Gasteiger partial charge is 0.468 e. The number of nitrogens with zero attached hydrogens (tertiary/aromatic N) is 1. The normalized spacial score (nSPS) is 26.9. The van der Waals surface area contributed by atoms with Gasteiger partial charge in [-0.1, -0.05) is 0 Å². The fourth-order valence-electron chi connectivity index (χ4n) is 2.25. The molecule has 15 heavy (non-hydrogen) atoms. The highest BCUT2D eigenvalue weighted by atomic mass is 16.5. The lowest BCUT2D eigenvalue weighted by atomic mass is 10.1. The van der Waals surface area contributed by atoms with Crippen molar-refractivity contribution in [2.24, 2.45) is 5.92 Å². The molecule has 2 fully saturated rings. The monoisotopic (exact) mass is 212 g/mol. The molecular weight excluding hydrogens is 192 g/mol. The molecule has 1 N–H and O–H groups in total. The topological polar surface area (TPSA) is 41.6 Å². The Kier molecular flexibility index (Phi) is 3.59. The molecule has 0 spiro atoms. The highest BCUT2D eigenvalue weighted by molar-refractivity contribution is 5.71. The lowest BCUT2D eigenvalue weighted by Crippen LogP contribution is -2.31. The molecule has 0 bridgehead atoms. The summed E-state index contributed by atoms with van der Waals surface area (Å²) in [6.45, 7) is 3.74. The Bertz CT molecular complexity index is 229. The van der Waals surface area contributed by atoms with E-state index >= 15 is 0 Å². The zero-order chi connectivity index (χ0) is 10.7. The molecule has 4 heteroatoms. The minimum atomic E-state index is -0.174. The number of nitrogens with one attached hydrogen (secondary N) is 1. The van der Waals surface area contributed by atoms with E-state index in [1.54, 1.807) is 0 Å². The average Bonchev–Trinajstić information content (AvgIpc) is 2.99. The van der Waals surface area contributed by atoms with Crippen LogP contribution in [0.4, 0.5) is 0 Å². The summed E-state index contributed by atoms with van der Waals surface area (Å²) in [6, 6.07) is 0.885. The van der Waals surface area contributed by atoms with Crippen molar-refractivity contribution in [3.63, 3.8) is 0 Å². The van der Waals surface area contributed by atoms with Crippen molar-refractivity contribution in [3.8, 4) is 0 Å². The summed E-state index contributed by atoms with van der Waals surface area (Å²) in [5.41, 5.74) is 0. The average molecular weight is 212 g/mol. The minimum Gasteiger partial charge on any atom is -0.468 e. The maximum atomic E-state index is 10.9. The third kappa shape index (κ3) is 3.18. The number of hydrogen-bond acceptors (Lipinski definition) is 4. The highest BCUT2D eigenvalue weighted by Crippen LogP contribution is 2.31. The molecule has 0 aromatic carbocycles. The van der Waals surface area contributed by atoms with Crippen LogP contribution in [0, 0.1) is 5.92 Å². The fourth-order valence-corrected chi connectivity index (χ4v) is 2.25. The van der Waals surface area contributed by atoms with Gasteiger partial charge in [0.2, 0.25) is 0 Å². The van der Waals surface area contributed by atoms with Crippen LogP contribution in [0.15, 0.2) is 0 Å². The zero-order valence-corrected chi connectivity index (χ0v) is 9.37. The Morgan fingerprint density at radius 2 is 2.27 bits per heavy atom. The van der Waals surface area contributed by atoms with Crippen molar-refractivity contribution in [2.75, 3.05) is 33.3 Å². The molecule has 86 valence electrons. The Morgan fingerprint density at radius 1 is 1.47 bits per heavy atom. The van der Waals surface area contributed by atoms with Crippen molar-refractivity contribution in [1.29, 1.82) is 0 Å². The van der Waals surface area contributed by atoms with E-state index in [0.717, 1.165) is 18.5 Å². The van der Waals surface area contributed by atoms with Crippen LogP contribution in [0.25, 0.3) is 0 Å². The lowest BCUT2D eigenvalue weighted by Gasteiger charge is -2.14. The molecule has 1 aliphatic carbocycles. The quantitative estimate of drug-likeness (QED) is 0.663. The van der Waals surface area contributed by atoms with Gasteiger partial charge in [0.15, 0.2) is 0 Å². The van der Waals surface area contributed by atoms with Gasteiger partial charge in [-0.05, 0) is 38.3 Å². The maximum Gasteiger partial charge on any atom is 0.319 e. The van der Waals surface area contributed by atoms with Crippen molar-refractivity contribution in [2.45, 2.75) is 25.3 Å². The summed E-state index contributed by atoms with van der Waals surface area (Å²) in [4.78, 5) is 13.5. The van der Waals surface area contributed by atoms with Crippen LogP contribution in [0.3, 0.4) is 0 Å². The molecule has 1 saturated heterocycles. The van der Waals surface area contributed by atoms with Crippen LogP contribution >= 0.6 is 0 Å². The van der Waals surface area contributed by atoms with Crippen molar-refractivity contribution < 1.29 is 9.53 Å². The molecule has 1 aliphatic heterocycles. The summed E-state index contributed by atoms with van der Waals surface area (Å²) in [5, 5.41) is 3.16. The Hall–Kier alpha value is -0.610. The molecule has 2 rings (SSSR count). The van der Waals surface area contributed by atoms with Gasteiger partial charge < -0.3 is 15.0 Å². The summed E-state index contributed by atoms with van der Waals surface area (Å²) < 4.78 is 4.57. The van der Waals surface area contributed by atoms with Crippen molar-refractivity contribution >= 4 is 5.97 Å². The van der Waals surface area contributed by atoms with Crippen LogP contribution in [0.1, 0.15) is 19.3 Å². The van der Waals surface area contributed by atoms with Crippen molar-refractivity contribution in [1.82, 2.24) is 10.2 Å². The van der Waals surface area contributed by atoms with Gasteiger partial charge in [0.05, 0.1) is 13.7 Å². The van der Waals surface area contributed by atoms with E-state index in [0.29, 0.717) is 6.54 Å². The lowest BCUT2D eigenvalue weighted by molar-refractivity contribution is -0.139. The second-order valence-electron chi connectivity index (χ2n) is 4.59. The molecule has 1 heterocycles. The first-order valence-electron chi connectivity index (χ1n) is 5.81. The van der Waals surface area contributed by atoms with Gasteiger partial charge in [0.25, 0.3) is 0 Å². The number of carbonyl (C=O) groups is 1. The maximum absolute atomic E-state index is 10.9. The van der Waals surface area contributed by atoms with Gasteiger partial charge in [0.1, 0.15) is 0 Å². The SMILES string of the molecule is COC(=O)CNCC1CCN(C2CC2)C1. The molecule has 0 aromatic rings. The van der Waals surface area contributed by atoms with Crippen LogP contribution in [-0.2, 0) is 9.53 Å². The molecule has 1 saturated carbocycles. The molecule has 1 unspecified atom stereocenters. The molecule has 4 nitrogen and oxygen atoms in total. The zero-order valence-electron chi connectivity index (χ0n) is 9.37. The number of carbonyl (C=O) groups excluding carboxylic acids is 1. The number of likely N-dealkylation sites (tertiary alicyclic amines) is 1. The van der Waals surface area contributed by atoms with E-state index in [-0.39, 0.29) is 5.97 Å². The van der Waals surface area contributed by atoms with Gasteiger partial charge in [-0.3, -0.25) is 4.79 Å². The Balaban J connectivity index is 1.58. The second-order valence-corrected chi connectivity index (χ2v) is 4.59. The van der Waals surface area contributed by atoms with Crippen LogP contribution in [0.5, 0.6) is 0 Å². The smallest absolute Gasteiger partial charge is 0.319 e. The number of rotatable bonds is 5. The minimum absolute atomic E-state index is 0.174. The highest BCUT2D eigenvalue weighted by Gasteiger charge is 2.33. The summed E-state index contributed by atoms with van der Waals surface area (Å²) in [6.07, 6.45) is 4.05. The Labute approximate surface area is 91.0 Å². The predicted molar refractivity (Wildman–Crippen MR) is 57.6 cm³/mol. The number of esters is 1. The van der Waals surface area contributed by atoms with Crippen molar-refractivity contribution in [3.05, 3.63) is 0 Å². The van der Waals surface area contributed by atoms with Crippen LogP contribution in [0.2, 0.25) is 0 Å². The summed E-state index contributed by atoms with van der Waals surface area (Å²) >= 11 is 0. The third-order valence-electron chi connectivity index (χ3n) is 3.31. The second kappa shape index (κ2) is 4.94. The first-order chi connectivity index (χ1) is 7.29. The number of methoxy groups -OCH3 is 1. The molecular formula is C11H20N2O2. The van der Waals surface area contributed by atoms with E-state index in [1.165, 1.54) is 39.5 Å². The van der Waals surface area contributed by atoms with E-state index in [4.69, 9.17) is 0 Å². The van der Waals surface area contributed by atoms with Crippen LogP contribution < -0.4 is 5.32 Å². The fraction of sp³-hybridized carbons (Fsp3) is 0.909. The van der Waals surface area contributed by atoms with E-state index in [2.05, 4.69) is 15.0 Å². The molecule has 0 aromatic heterocycles. The van der Waals surface area contributed by atoms with Crippen LogP contribution in [-0.4, -0.2) is 50.2 Å². The first-order valence-corrected chi connectivity index (χ1v) is 5.81.